The molecule has 1 aromatic carbocycles. The van der Waals surface area contributed by atoms with Gasteiger partial charge >= 0.3 is 5.97 Å². The highest BCUT2D eigenvalue weighted by Crippen LogP contribution is 2.36. The van der Waals surface area contributed by atoms with E-state index < -0.39 is 0 Å². The van der Waals surface area contributed by atoms with E-state index in [1.807, 2.05) is 18.2 Å². The van der Waals surface area contributed by atoms with E-state index in [-0.39, 0.29) is 25.1 Å². The summed E-state index contributed by atoms with van der Waals surface area (Å²) in [4.78, 5) is 26.6. The number of nitrogens with zero attached hydrogens (tertiary/aromatic N) is 2. The maximum atomic E-state index is 11.8. The van der Waals surface area contributed by atoms with Crippen molar-refractivity contribution in [2.45, 2.75) is 38.0 Å². The number of methoxy groups -OCH3 is 1. The molecule has 2 aromatic rings. The highest BCUT2D eigenvalue weighted by atomic mass is 16.7. The maximum Gasteiger partial charge on any atom is 0.306 e. The van der Waals surface area contributed by atoms with Gasteiger partial charge in [-0.25, -0.2) is 0 Å². The number of aromatic nitrogens is 2. The molecule has 0 aliphatic carbocycles. The standard InChI is InChI=1S/C18H20N2O6/c1-23-18(22)10-13(12-5-6-14-15(8-12)25-11-24-14)9-17-19-16(20-26-17)4-2-3-7-21/h5-8,13H,2-4,9-11H2,1H3. The van der Waals surface area contributed by atoms with Crippen LogP contribution < -0.4 is 9.47 Å². The van der Waals surface area contributed by atoms with E-state index >= 15 is 0 Å². The Bertz CT molecular complexity index is 773. The van der Waals surface area contributed by atoms with E-state index in [9.17, 15) is 9.59 Å². The molecule has 1 aliphatic heterocycles. The Morgan fingerprint density at radius 2 is 2.19 bits per heavy atom. The fraction of sp³-hybridized carbons (Fsp3) is 0.444. The number of ether oxygens (including phenoxy) is 3. The molecule has 1 aliphatic rings. The van der Waals surface area contributed by atoms with Gasteiger partial charge in [0, 0.05) is 25.2 Å². The summed E-state index contributed by atoms with van der Waals surface area (Å²) >= 11 is 0. The molecular weight excluding hydrogens is 340 g/mol. The fourth-order valence-corrected chi connectivity index (χ4v) is 2.79. The minimum atomic E-state index is -0.321. The van der Waals surface area contributed by atoms with Crippen molar-refractivity contribution in [3.63, 3.8) is 0 Å². The first-order chi connectivity index (χ1) is 12.7. The van der Waals surface area contributed by atoms with Gasteiger partial charge in [-0.15, -0.1) is 0 Å². The SMILES string of the molecule is COC(=O)CC(Cc1nc(CCCC=O)no1)c1ccc2c(c1)OCO2. The van der Waals surface area contributed by atoms with Crippen LogP contribution >= 0.6 is 0 Å². The number of aryl methyl sites for hydroxylation is 1. The Morgan fingerprint density at radius 1 is 1.35 bits per heavy atom. The number of hydrogen-bond acceptors (Lipinski definition) is 8. The summed E-state index contributed by atoms with van der Waals surface area (Å²) in [5.74, 6) is 1.82. The maximum absolute atomic E-state index is 11.8. The minimum Gasteiger partial charge on any atom is -0.469 e. The Labute approximate surface area is 150 Å². The van der Waals surface area contributed by atoms with E-state index in [4.69, 9.17) is 18.7 Å². The first-order valence-electron chi connectivity index (χ1n) is 8.41. The van der Waals surface area contributed by atoms with Crippen molar-refractivity contribution >= 4 is 12.3 Å². The lowest BCUT2D eigenvalue weighted by Gasteiger charge is -2.14. The molecule has 1 aromatic heterocycles. The van der Waals surface area contributed by atoms with Gasteiger partial charge in [0.15, 0.2) is 17.3 Å². The molecule has 0 radical (unpaired) electrons. The Hall–Kier alpha value is -2.90. The quantitative estimate of drug-likeness (QED) is 0.381. The summed E-state index contributed by atoms with van der Waals surface area (Å²) in [7, 11) is 1.36. The first kappa shape index (κ1) is 17.9. The summed E-state index contributed by atoms with van der Waals surface area (Å²) in [6.07, 6.45) is 3.16. The van der Waals surface area contributed by atoms with Gasteiger partial charge in [-0.1, -0.05) is 11.2 Å². The van der Waals surface area contributed by atoms with Crippen LogP contribution in [0.3, 0.4) is 0 Å². The average Bonchev–Trinajstić information content (AvgIpc) is 3.29. The second-order valence-electron chi connectivity index (χ2n) is 5.96. The molecule has 0 N–H and O–H groups in total. The number of rotatable bonds is 9. The molecule has 8 nitrogen and oxygen atoms in total. The predicted molar refractivity (Wildman–Crippen MR) is 88.9 cm³/mol. The van der Waals surface area contributed by atoms with E-state index in [2.05, 4.69) is 10.1 Å². The van der Waals surface area contributed by atoms with Gasteiger partial charge in [0.05, 0.1) is 13.5 Å². The number of aldehydes is 1. The predicted octanol–water partition coefficient (Wildman–Crippen LogP) is 2.21. The topological polar surface area (TPSA) is 101 Å². The number of benzene rings is 1. The molecule has 0 spiro atoms. The number of unbranched alkanes of at least 4 members (excludes halogenated alkanes) is 1. The van der Waals surface area contributed by atoms with E-state index in [0.29, 0.717) is 48.9 Å². The Kier molecular flexibility index (Phi) is 5.83. The largest absolute Gasteiger partial charge is 0.469 e. The molecule has 0 saturated carbocycles. The number of carbonyl (C=O) groups excluding carboxylic acids is 2. The lowest BCUT2D eigenvalue weighted by atomic mass is 9.92. The molecular formula is C18H20N2O6. The van der Waals surface area contributed by atoms with Gasteiger partial charge in [0.25, 0.3) is 0 Å². The molecule has 0 fully saturated rings. The van der Waals surface area contributed by atoms with Crippen molar-refractivity contribution < 1.29 is 28.3 Å². The van der Waals surface area contributed by atoms with E-state index in [1.54, 1.807) is 0 Å². The van der Waals surface area contributed by atoms with Crippen LogP contribution in [-0.4, -0.2) is 36.3 Å². The first-order valence-corrected chi connectivity index (χ1v) is 8.41. The normalized spacial score (nSPS) is 13.4. The number of fused-ring (bicyclic) bond motifs is 1. The van der Waals surface area contributed by atoms with E-state index in [1.165, 1.54) is 7.11 Å². The summed E-state index contributed by atoms with van der Waals surface area (Å²) < 4.78 is 20.8. The summed E-state index contributed by atoms with van der Waals surface area (Å²) in [6.45, 7) is 0.189. The molecule has 2 heterocycles. The van der Waals surface area contributed by atoms with Crippen molar-refractivity contribution in [1.29, 1.82) is 0 Å². The monoisotopic (exact) mass is 360 g/mol. The van der Waals surface area contributed by atoms with Crippen LogP contribution in [0.2, 0.25) is 0 Å². The smallest absolute Gasteiger partial charge is 0.306 e. The number of hydrogen-bond donors (Lipinski definition) is 0. The van der Waals surface area contributed by atoms with Gasteiger partial charge in [-0.3, -0.25) is 4.79 Å². The Morgan fingerprint density at radius 3 is 3.00 bits per heavy atom. The van der Waals surface area contributed by atoms with E-state index in [0.717, 1.165) is 11.8 Å². The van der Waals surface area contributed by atoms with Crippen LogP contribution in [0.5, 0.6) is 11.5 Å². The van der Waals surface area contributed by atoms with Gasteiger partial charge < -0.3 is 23.5 Å². The third kappa shape index (κ3) is 4.38. The molecule has 8 heteroatoms. The van der Waals surface area contributed by atoms with Gasteiger partial charge in [-0.2, -0.15) is 4.98 Å². The molecule has 138 valence electrons. The van der Waals surface area contributed by atoms with Crippen molar-refractivity contribution in [2.24, 2.45) is 0 Å². The van der Waals surface area contributed by atoms with Crippen LogP contribution in [0, 0.1) is 0 Å². The van der Waals surface area contributed by atoms with Crippen LogP contribution in [0.25, 0.3) is 0 Å². The third-order valence-electron chi connectivity index (χ3n) is 4.16. The zero-order valence-electron chi connectivity index (χ0n) is 14.5. The van der Waals surface area contributed by atoms with Crippen LogP contribution in [-0.2, 0) is 27.2 Å². The third-order valence-corrected chi connectivity index (χ3v) is 4.16. The molecule has 3 rings (SSSR count). The van der Waals surface area contributed by atoms with Gasteiger partial charge in [0.2, 0.25) is 12.7 Å². The summed E-state index contributed by atoms with van der Waals surface area (Å²) in [5.41, 5.74) is 0.903. The van der Waals surface area contributed by atoms with Crippen molar-refractivity contribution in [1.82, 2.24) is 10.1 Å². The van der Waals surface area contributed by atoms with Crippen LogP contribution in [0.15, 0.2) is 22.7 Å². The van der Waals surface area contributed by atoms with Crippen LogP contribution in [0.4, 0.5) is 0 Å². The summed E-state index contributed by atoms with van der Waals surface area (Å²) in [6, 6.07) is 5.57. The molecule has 26 heavy (non-hydrogen) atoms. The van der Waals surface area contributed by atoms with Crippen LogP contribution in [0.1, 0.15) is 42.5 Å². The zero-order chi connectivity index (χ0) is 18.4. The lowest BCUT2D eigenvalue weighted by Crippen LogP contribution is -2.11. The molecule has 1 atom stereocenters. The summed E-state index contributed by atoms with van der Waals surface area (Å²) in [5, 5.41) is 3.93. The number of esters is 1. The van der Waals surface area contributed by atoms with Crippen molar-refractivity contribution in [3.8, 4) is 11.5 Å². The second-order valence-corrected chi connectivity index (χ2v) is 5.96. The highest BCUT2D eigenvalue weighted by Gasteiger charge is 2.23. The minimum absolute atomic E-state index is 0.180. The fourth-order valence-electron chi connectivity index (χ4n) is 2.79. The van der Waals surface area contributed by atoms with Crippen molar-refractivity contribution in [2.75, 3.05) is 13.9 Å². The highest BCUT2D eigenvalue weighted by molar-refractivity contribution is 5.70. The second kappa shape index (κ2) is 8.46. The zero-order valence-corrected chi connectivity index (χ0v) is 14.5. The van der Waals surface area contributed by atoms with Gasteiger partial charge in [-0.05, 0) is 24.1 Å². The number of carbonyl (C=O) groups is 2. The Balaban J connectivity index is 1.74. The lowest BCUT2D eigenvalue weighted by molar-refractivity contribution is -0.141. The molecule has 0 saturated heterocycles. The molecule has 1 unspecified atom stereocenters. The van der Waals surface area contributed by atoms with Gasteiger partial charge in [0.1, 0.15) is 6.29 Å². The average molecular weight is 360 g/mol. The van der Waals surface area contributed by atoms with Crippen molar-refractivity contribution in [3.05, 3.63) is 35.5 Å². The molecule has 0 amide bonds. The molecule has 0 bridgehead atoms.